The normalized spacial score (nSPS) is 15.0. The molecule has 2 rings (SSSR count). The van der Waals surface area contributed by atoms with Gasteiger partial charge in [-0.15, -0.1) is 0 Å². The number of phenols is 1. The lowest BCUT2D eigenvalue weighted by Gasteiger charge is -2.37. The van der Waals surface area contributed by atoms with Crippen molar-refractivity contribution in [3.8, 4) is 5.75 Å². The average Bonchev–Trinajstić information content (AvgIpc) is 2.34. The molecule has 1 fully saturated rings. The molecule has 0 radical (unpaired) electrons. The first-order valence-corrected chi connectivity index (χ1v) is 6.98. The molecule has 1 aliphatic rings. The highest BCUT2D eigenvalue weighted by molar-refractivity contribution is 5.79. The average molecular weight is 262 g/mol. The van der Waals surface area contributed by atoms with Crippen LogP contribution in [0, 0.1) is 0 Å². The van der Waals surface area contributed by atoms with Crippen molar-refractivity contribution >= 4 is 5.91 Å². The molecule has 1 saturated carbocycles. The van der Waals surface area contributed by atoms with Gasteiger partial charge in [-0.2, -0.15) is 0 Å². The van der Waals surface area contributed by atoms with Crippen LogP contribution in [0.25, 0.3) is 0 Å². The van der Waals surface area contributed by atoms with Crippen LogP contribution in [0.2, 0.25) is 0 Å². The number of carbonyl (C=O) groups is 1. The van der Waals surface area contributed by atoms with Gasteiger partial charge in [-0.1, -0.05) is 18.2 Å². The molecule has 4 heteroatoms. The van der Waals surface area contributed by atoms with Gasteiger partial charge < -0.3 is 15.7 Å². The van der Waals surface area contributed by atoms with Crippen molar-refractivity contribution in [1.29, 1.82) is 0 Å². The van der Waals surface area contributed by atoms with Crippen LogP contribution >= 0.6 is 0 Å². The highest BCUT2D eigenvalue weighted by atomic mass is 16.3. The van der Waals surface area contributed by atoms with Crippen LogP contribution in [-0.4, -0.2) is 35.0 Å². The summed E-state index contributed by atoms with van der Waals surface area (Å²) in [7, 11) is 0. The topological polar surface area (TPSA) is 66.6 Å². The third-order valence-electron chi connectivity index (χ3n) is 3.77. The predicted octanol–water partition coefficient (Wildman–Crippen LogP) is 1.66. The lowest BCUT2D eigenvalue weighted by Crippen LogP contribution is -2.45. The van der Waals surface area contributed by atoms with Gasteiger partial charge in [-0.05, 0) is 38.3 Å². The van der Waals surface area contributed by atoms with E-state index in [0.29, 0.717) is 18.2 Å². The maximum Gasteiger partial charge on any atom is 0.227 e. The fourth-order valence-corrected chi connectivity index (χ4v) is 2.40. The highest BCUT2D eigenvalue weighted by Crippen LogP contribution is 2.26. The van der Waals surface area contributed by atoms with Gasteiger partial charge in [-0.3, -0.25) is 4.79 Å². The highest BCUT2D eigenvalue weighted by Gasteiger charge is 2.28. The van der Waals surface area contributed by atoms with Gasteiger partial charge in [0.2, 0.25) is 5.91 Å². The summed E-state index contributed by atoms with van der Waals surface area (Å²) in [5.74, 6) is 0.294. The molecule has 0 spiro atoms. The van der Waals surface area contributed by atoms with Crippen LogP contribution in [0.5, 0.6) is 5.75 Å². The van der Waals surface area contributed by atoms with Gasteiger partial charge in [0.05, 0.1) is 6.42 Å². The van der Waals surface area contributed by atoms with Crippen LogP contribution in [0.4, 0.5) is 0 Å². The number of phenolic OH excluding ortho intramolecular Hbond substituents is 1. The van der Waals surface area contributed by atoms with E-state index in [1.165, 1.54) is 6.42 Å². The smallest absolute Gasteiger partial charge is 0.227 e. The minimum Gasteiger partial charge on any atom is -0.508 e. The molecule has 0 unspecified atom stereocenters. The molecule has 1 aromatic rings. The molecule has 0 atom stereocenters. The molecule has 0 aliphatic heterocycles. The molecule has 3 N–H and O–H groups in total. The summed E-state index contributed by atoms with van der Waals surface area (Å²) in [6.07, 6.45) is 4.50. The molecule has 1 aliphatic carbocycles. The maximum atomic E-state index is 12.4. The van der Waals surface area contributed by atoms with Crippen molar-refractivity contribution in [2.24, 2.45) is 5.73 Å². The molecule has 1 amide bonds. The van der Waals surface area contributed by atoms with E-state index in [-0.39, 0.29) is 18.1 Å². The number of rotatable bonds is 6. The first-order valence-electron chi connectivity index (χ1n) is 6.98. The summed E-state index contributed by atoms with van der Waals surface area (Å²) in [6, 6.07) is 7.41. The van der Waals surface area contributed by atoms with Crippen LogP contribution in [0.3, 0.4) is 0 Å². The minimum atomic E-state index is 0.0969. The molecule has 19 heavy (non-hydrogen) atoms. The first-order chi connectivity index (χ1) is 9.22. The lowest BCUT2D eigenvalue weighted by atomic mass is 9.91. The number of nitrogens with two attached hydrogens (primary N) is 1. The minimum absolute atomic E-state index is 0.0969. The molecule has 0 heterocycles. The van der Waals surface area contributed by atoms with Gasteiger partial charge in [0.1, 0.15) is 5.75 Å². The summed E-state index contributed by atoms with van der Waals surface area (Å²) in [5.41, 5.74) is 6.23. The Bertz CT molecular complexity index is 430. The van der Waals surface area contributed by atoms with E-state index in [2.05, 4.69) is 0 Å². The summed E-state index contributed by atoms with van der Waals surface area (Å²) < 4.78 is 0. The first kappa shape index (κ1) is 13.9. The Labute approximate surface area is 114 Å². The predicted molar refractivity (Wildman–Crippen MR) is 74.8 cm³/mol. The van der Waals surface area contributed by atoms with E-state index >= 15 is 0 Å². The van der Waals surface area contributed by atoms with Gasteiger partial charge in [0.25, 0.3) is 0 Å². The number of hydrogen-bond donors (Lipinski definition) is 2. The molecular weight excluding hydrogens is 240 g/mol. The van der Waals surface area contributed by atoms with Crippen molar-refractivity contribution in [2.45, 2.75) is 38.1 Å². The molecule has 104 valence electrons. The maximum absolute atomic E-state index is 12.4. The Hall–Kier alpha value is -1.55. The number of nitrogens with zero attached hydrogens (tertiary/aromatic N) is 1. The zero-order chi connectivity index (χ0) is 13.7. The second-order valence-electron chi connectivity index (χ2n) is 5.12. The number of carbonyl (C=O) groups excluding carboxylic acids is 1. The lowest BCUT2D eigenvalue weighted by molar-refractivity contribution is -0.134. The van der Waals surface area contributed by atoms with E-state index in [1.54, 1.807) is 18.2 Å². The number of amides is 1. The molecule has 0 aromatic heterocycles. The summed E-state index contributed by atoms with van der Waals surface area (Å²) in [6.45, 7) is 1.33. The van der Waals surface area contributed by atoms with Crippen molar-refractivity contribution in [2.75, 3.05) is 13.1 Å². The van der Waals surface area contributed by atoms with Crippen LogP contribution in [-0.2, 0) is 11.2 Å². The third kappa shape index (κ3) is 3.47. The van der Waals surface area contributed by atoms with Crippen molar-refractivity contribution in [3.05, 3.63) is 29.8 Å². The van der Waals surface area contributed by atoms with Gasteiger partial charge in [0.15, 0.2) is 0 Å². The van der Waals surface area contributed by atoms with Crippen LogP contribution in [0.15, 0.2) is 24.3 Å². The monoisotopic (exact) mass is 262 g/mol. The number of benzene rings is 1. The Balaban J connectivity index is 2.00. The van der Waals surface area contributed by atoms with Crippen molar-refractivity contribution in [1.82, 2.24) is 4.90 Å². The van der Waals surface area contributed by atoms with Crippen molar-refractivity contribution in [3.63, 3.8) is 0 Å². The van der Waals surface area contributed by atoms with E-state index in [0.717, 1.165) is 25.8 Å². The van der Waals surface area contributed by atoms with E-state index in [4.69, 9.17) is 5.73 Å². The number of aromatic hydroxyl groups is 1. The van der Waals surface area contributed by atoms with Crippen LogP contribution in [0.1, 0.15) is 31.2 Å². The Morgan fingerprint density at radius 2 is 2.11 bits per heavy atom. The SMILES string of the molecule is NCCCN(C(=O)Cc1ccccc1O)C1CCC1. The Morgan fingerprint density at radius 1 is 1.37 bits per heavy atom. The van der Waals surface area contributed by atoms with E-state index in [9.17, 15) is 9.90 Å². The zero-order valence-corrected chi connectivity index (χ0v) is 11.2. The Morgan fingerprint density at radius 3 is 2.68 bits per heavy atom. The van der Waals surface area contributed by atoms with Crippen molar-refractivity contribution < 1.29 is 9.90 Å². The quantitative estimate of drug-likeness (QED) is 0.819. The molecule has 0 saturated heterocycles. The van der Waals surface area contributed by atoms with Gasteiger partial charge >= 0.3 is 0 Å². The van der Waals surface area contributed by atoms with E-state index < -0.39 is 0 Å². The standard InChI is InChI=1S/C15H22N2O2/c16-9-4-10-17(13-6-3-7-13)15(19)11-12-5-1-2-8-14(12)18/h1-2,5,8,13,18H,3-4,6-7,9-11,16H2. The summed E-state index contributed by atoms with van der Waals surface area (Å²) in [5, 5.41) is 9.74. The molecular formula is C15H22N2O2. The number of para-hydroxylation sites is 1. The second kappa shape index (κ2) is 6.57. The number of hydrogen-bond acceptors (Lipinski definition) is 3. The fourth-order valence-electron chi connectivity index (χ4n) is 2.40. The summed E-state index contributed by atoms with van der Waals surface area (Å²) >= 11 is 0. The molecule has 1 aromatic carbocycles. The summed E-state index contributed by atoms with van der Waals surface area (Å²) in [4.78, 5) is 14.3. The largest absolute Gasteiger partial charge is 0.508 e. The Kier molecular flexibility index (Phi) is 4.80. The molecule has 4 nitrogen and oxygen atoms in total. The molecule has 0 bridgehead atoms. The fraction of sp³-hybridized carbons (Fsp3) is 0.533. The zero-order valence-electron chi connectivity index (χ0n) is 11.2. The van der Waals surface area contributed by atoms with Crippen LogP contribution < -0.4 is 5.73 Å². The second-order valence-corrected chi connectivity index (χ2v) is 5.12. The van der Waals surface area contributed by atoms with E-state index in [1.807, 2.05) is 11.0 Å². The third-order valence-corrected chi connectivity index (χ3v) is 3.77. The van der Waals surface area contributed by atoms with Gasteiger partial charge in [-0.25, -0.2) is 0 Å². The van der Waals surface area contributed by atoms with Gasteiger partial charge in [0, 0.05) is 18.2 Å².